The first kappa shape index (κ1) is 9.45. The SMILES string of the molecule is CN(C)CC(C)(C)CC#N. The summed E-state index contributed by atoms with van der Waals surface area (Å²) in [4.78, 5) is 2.11. The van der Waals surface area contributed by atoms with Gasteiger partial charge in [-0.2, -0.15) is 5.26 Å². The third-order valence-electron chi connectivity index (χ3n) is 1.30. The van der Waals surface area contributed by atoms with Crippen LogP contribution in [0, 0.1) is 16.7 Å². The highest BCUT2D eigenvalue weighted by Gasteiger charge is 2.17. The number of rotatable bonds is 3. The Kier molecular flexibility index (Phi) is 3.38. The van der Waals surface area contributed by atoms with Gasteiger partial charge in [0.2, 0.25) is 0 Å². The summed E-state index contributed by atoms with van der Waals surface area (Å²) >= 11 is 0. The maximum atomic E-state index is 8.45. The minimum atomic E-state index is 0.137. The quantitative estimate of drug-likeness (QED) is 0.594. The zero-order valence-electron chi connectivity index (χ0n) is 7.31. The molecule has 0 saturated carbocycles. The van der Waals surface area contributed by atoms with Crippen molar-refractivity contribution < 1.29 is 0 Å². The van der Waals surface area contributed by atoms with Gasteiger partial charge in [0, 0.05) is 13.0 Å². The van der Waals surface area contributed by atoms with E-state index < -0.39 is 0 Å². The molecular formula is C8H16N2. The molecule has 0 aromatic carbocycles. The molecule has 58 valence electrons. The first-order valence-electron chi connectivity index (χ1n) is 3.49. The van der Waals surface area contributed by atoms with Crippen molar-refractivity contribution in [2.24, 2.45) is 5.41 Å². The fourth-order valence-electron chi connectivity index (χ4n) is 1.13. The summed E-state index contributed by atoms with van der Waals surface area (Å²) in [6, 6.07) is 2.19. The Hall–Kier alpha value is -0.550. The number of nitrogens with zero attached hydrogens (tertiary/aromatic N) is 2. The third kappa shape index (κ3) is 4.34. The van der Waals surface area contributed by atoms with E-state index in [0.717, 1.165) is 6.54 Å². The van der Waals surface area contributed by atoms with Crippen LogP contribution >= 0.6 is 0 Å². The summed E-state index contributed by atoms with van der Waals surface area (Å²) in [6.07, 6.45) is 0.630. The molecule has 0 atom stereocenters. The van der Waals surface area contributed by atoms with Crippen molar-refractivity contribution >= 4 is 0 Å². The van der Waals surface area contributed by atoms with Gasteiger partial charge in [-0.25, -0.2) is 0 Å². The second-order valence-electron chi connectivity index (χ2n) is 3.74. The van der Waals surface area contributed by atoms with Crippen molar-refractivity contribution in [1.82, 2.24) is 4.90 Å². The van der Waals surface area contributed by atoms with E-state index in [1.165, 1.54) is 0 Å². The van der Waals surface area contributed by atoms with E-state index >= 15 is 0 Å². The van der Waals surface area contributed by atoms with E-state index in [1.807, 2.05) is 14.1 Å². The fourth-order valence-corrected chi connectivity index (χ4v) is 1.13. The van der Waals surface area contributed by atoms with Crippen molar-refractivity contribution in [2.45, 2.75) is 20.3 Å². The monoisotopic (exact) mass is 140 g/mol. The van der Waals surface area contributed by atoms with E-state index in [0.29, 0.717) is 6.42 Å². The molecule has 0 rings (SSSR count). The number of hydrogen-bond acceptors (Lipinski definition) is 2. The van der Waals surface area contributed by atoms with Gasteiger partial charge in [-0.1, -0.05) is 13.8 Å². The van der Waals surface area contributed by atoms with Gasteiger partial charge in [0.15, 0.2) is 0 Å². The van der Waals surface area contributed by atoms with Crippen LogP contribution in [-0.2, 0) is 0 Å². The van der Waals surface area contributed by atoms with Crippen molar-refractivity contribution in [3.63, 3.8) is 0 Å². The van der Waals surface area contributed by atoms with Crippen LogP contribution in [0.4, 0.5) is 0 Å². The van der Waals surface area contributed by atoms with Crippen molar-refractivity contribution in [2.75, 3.05) is 20.6 Å². The molecule has 0 N–H and O–H groups in total. The molecule has 0 aliphatic heterocycles. The molecule has 0 amide bonds. The van der Waals surface area contributed by atoms with Crippen LogP contribution in [0.2, 0.25) is 0 Å². The summed E-state index contributed by atoms with van der Waals surface area (Å²) in [6.45, 7) is 5.19. The first-order chi connectivity index (χ1) is 4.48. The summed E-state index contributed by atoms with van der Waals surface area (Å²) in [5, 5.41) is 8.45. The Labute approximate surface area is 63.4 Å². The molecular weight excluding hydrogens is 124 g/mol. The highest BCUT2D eigenvalue weighted by Crippen LogP contribution is 2.19. The van der Waals surface area contributed by atoms with Crippen LogP contribution in [0.25, 0.3) is 0 Å². The second-order valence-corrected chi connectivity index (χ2v) is 3.74. The molecule has 0 aromatic rings. The van der Waals surface area contributed by atoms with Crippen LogP contribution in [0.15, 0.2) is 0 Å². The summed E-state index contributed by atoms with van der Waals surface area (Å²) < 4.78 is 0. The maximum absolute atomic E-state index is 8.45. The molecule has 0 spiro atoms. The normalized spacial score (nSPS) is 11.6. The lowest BCUT2D eigenvalue weighted by atomic mass is 9.90. The highest BCUT2D eigenvalue weighted by molar-refractivity contribution is 4.83. The maximum Gasteiger partial charge on any atom is 0.0627 e. The molecule has 0 aliphatic carbocycles. The topological polar surface area (TPSA) is 27.0 Å². The fraction of sp³-hybridized carbons (Fsp3) is 0.875. The van der Waals surface area contributed by atoms with Crippen LogP contribution in [-0.4, -0.2) is 25.5 Å². The van der Waals surface area contributed by atoms with Gasteiger partial charge in [-0.05, 0) is 19.5 Å². The van der Waals surface area contributed by atoms with Crippen molar-refractivity contribution in [3.05, 3.63) is 0 Å². The van der Waals surface area contributed by atoms with Gasteiger partial charge in [-0.3, -0.25) is 0 Å². The van der Waals surface area contributed by atoms with Gasteiger partial charge in [0.25, 0.3) is 0 Å². The molecule has 0 unspecified atom stereocenters. The molecule has 0 aliphatic rings. The van der Waals surface area contributed by atoms with Gasteiger partial charge < -0.3 is 4.90 Å². The molecule has 0 heterocycles. The van der Waals surface area contributed by atoms with Gasteiger partial charge in [0.05, 0.1) is 6.07 Å². The average Bonchev–Trinajstić information content (AvgIpc) is 1.59. The van der Waals surface area contributed by atoms with E-state index in [4.69, 9.17) is 5.26 Å². The van der Waals surface area contributed by atoms with Crippen molar-refractivity contribution in [3.8, 4) is 6.07 Å². The number of hydrogen-bond donors (Lipinski definition) is 0. The standard InChI is InChI=1S/C8H16N2/c1-8(2,5-6-9)7-10(3)4/h5,7H2,1-4H3. The van der Waals surface area contributed by atoms with Crippen LogP contribution in [0.5, 0.6) is 0 Å². The Morgan fingerprint density at radius 1 is 1.40 bits per heavy atom. The Morgan fingerprint density at radius 2 is 1.90 bits per heavy atom. The van der Waals surface area contributed by atoms with E-state index in [9.17, 15) is 0 Å². The summed E-state index contributed by atoms with van der Waals surface area (Å²) in [5.74, 6) is 0. The largest absolute Gasteiger partial charge is 0.309 e. The lowest BCUT2D eigenvalue weighted by Crippen LogP contribution is -2.28. The van der Waals surface area contributed by atoms with Crippen LogP contribution in [0.3, 0.4) is 0 Å². The van der Waals surface area contributed by atoms with Crippen LogP contribution < -0.4 is 0 Å². The predicted molar refractivity (Wildman–Crippen MR) is 42.6 cm³/mol. The van der Waals surface area contributed by atoms with E-state index in [1.54, 1.807) is 0 Å². The molecule has 2 nitrogen and oxygen atoms in total. The molecule has 0 bridgehead atoms. The highest BCUT2D eigenvalue weighted by atomic mass is 15.1. The molecule has 2 heteroatoms. The predicted octanol–water partition coefficient (Wildman–Crippen LogP) is 1.49. The first-order valence-corrected chi connectivity index (χ1v) is 3.49. The van der Waals surface area contributed by atoms with Crippen LogP contribution in [0.1, 0.15) is 20.3 Å². The Bertz CT molecular complexity index is 131. The third-order valence-corrected chi connectivity index (χ3v) is 1.30. The van der Waals surface area contributed by atoms with Gasteiger partial charge >= 0.3 is 0 Å². The molecule has 0 radical (unpaired) electrons. The Morgan fingerprint density at radius 3 is 2.20 bits per heavy atom. The second kappa shape index (κ2) is 3.58. The lowest BCUT2D eigenvalue weighted by Gasteiger charge is -2.25. The van der Waals surface area contributed by atoms with E-state index in [-0.39, 0.29) is 5.41 Å². The average molecular weight is 140 g/mol. The van der Waals surface area contributed by atoms with Gasteiger partial charge in [0.1, 0.15) is 0 Å². The van der Waals surface area contributed by atoms with Gasteiger partial charge in [-0.15, -0.1) is 0 Å². The zero-order valence-corrected chi connectivity index (χ0v) is 7.31. The zero-order chi connectivity index (χ0) is 8.20. The van der Waals surface area contributed by atoms with E-state index in [2.05, 4.69) is 24.8 Å². The molecule has 0 saturated heterocycles. The molecule has 0 aromatic heterocycles. The minimum Gasteiger partial charge on any atom is -0.309 e. The summed E-state index contributed by atoms with van der Waals surface area (Å²) in [5.41, 5.74) is 0.137. The molecule has 10 heavy (non-hydrogen) atoms. The smallest absolute Gasteiger partial charge is 0.0627 e. The Balaban J connectivity index is 3.77. The summed E-state index contributed by atoms with van der Waals surface area (Å²) in [7, 11) is 4.05. The van der Waals surface area contributed by atoms with Crippen molar-refractivity contribution in [1.29, 1.82) is 5.26 Å². The minimum absolute atomic E-state index is 0.137. The lowest BCUT2D eigenvalue weighted by molar-refractivity contribution is 0.245. The number of nitriles is 1. The molecule has 0 fully saturated rings.